The van der Waals surface area contributed by atoms with Gasteiger partial charge in [-0.2, -0.15) is 0 Å². The van der Waals surface area contributed by atoms with Gasteiger partial charge in [0.05, 0.1) is 12.7 Å². The van der Waals surface area contributed by atoms with Gasteiger partial charge < -0.3 is 9.16 Å². The summed E-state index contributed by atoms with van der Waals surface area (Å²) in [6.45, 7) is 11.1. The number of hydrogen-bond donors (Lipinski definition) is 0. The number of benzene rings is 1. The van der Waals surface area contributed by atoms with Gasteiger partial charge in [0, 0.05) is 6.08 Å². The monoisotopic (exact) mass is 318 g/mol. The van der Waals surface area contributed by atoms with Crippen LogP contribution in [0.5, 0.6) is 0 Å². The molecule has 0 N–H and O–H groups in total. The lowest BCUT2D eigenvalue weighted by Gasteiger charge is -2.41. The Balaban J connectivity index is 2.31. The minimum atomic E-state index is -1.97. The summed E-state index contributed by atoms with van der Waals surface area (Å²) in [7, 11) is -1.97. The van der Waals surface area contributed by atoms with Crippen molar-refractivity contribution in [2.45, 2.75) is 57.5 Å². The summed E-state index contributed by atoms with van der Waals surface area (Å²) in [5.74, 6) is 0.0935. The molecule has 4 heteroatoms. The van der Waals surface area contributed by atoms with E-state index in [4.69, 9.17) is 9.16 Å². The number of ether oxygens (including phenoxy) is 1. The molecule has 2 rings (SSSR count). The molecule has 0 saturated carbocycles. The highest BCUT2D eigenvalue weighted by Crippen LogP contribution is 2.41. The maximum absolute atomic E-state index is 11.8. The van der Waals surface area contributed by atoms with Crippen LogP contribution in [0.25, 0.3) is 0 Å². The van der Waals surface area contributed by atoms with Gasteiger partial charge in [-0.25, -0.2) is 0 Å². The second-order valence-electron chi connectivity index (χ2n) is 7.36. The first-order valence-electron chi connectivity index (χ1n) is 7.78. The Kier molecular flexibility index (Phi) is 4.92. The molecule has 0 fully saturated rings. The van der Waals surface area contributed by atoms with Crippen molar-refractivity contribution in [3.8, 4) is 0 Å². The first-order valence-corrected chi connectivity index (χ1v) is 10.7. The second kappa shape index (κ2) is 6.38. The van der Waals surface area contributed by atoms with E-state index in [1.165, 1.54) is 12.3 Å². The molecule has 2 atom stereocenters. The second-order valence-corrected chi connectivity index (χ2v) is 12.1. The van der Waals surface area contributed by atoms with E-state index in [9.17, 15) is 4.79 Å². The van der Waals surface area contributed by atoms with Crippen molar-refractivity contribution in [2.24, 2.45) is 0 Å². The third-order valence-electron chi connectivity index (χ3n) is 4.60. The maximum Gasteiger partial charge on any atom is 0.193 e. The van der Waals surface area contributed by atoms with Gasteiger partial charge in [0.25, 0.3) is 0 Å². The summed E-state index contributed by atoms with van der Waals surface area (Å²) in [6.07, 6.45) is 2.89. The molecule has 3 nitrogen and oxygen atoms in total. The zero-order chi connectivity index (χ0) is 16.4. The molecule has 22 heavy (non-hydrogen) atoms. The predicted molar refractivity (Wildman–Crippen MR) is 91.1 cm³/mol. The van der Waals surface area contributed by atoms with Gasteiger partial charge in [-0.15, -0.1) is 0 Å². The van der Waals surface area contributed by atoms with Crippen molar-refractivity contribution in [1.82, 2.24) is 0 Å². The zero-order valence-electron chi connectivity index (χ0n) is 14.1. The summed E-state index contributed by atoms with van der Waals surface area (Å²) >= 11 is 0. The summed E-state index contributed by atoms with van der Waals surface area (Å²) < 4.78 is 12.3. The molecule has 0 radical (unpaired) electrons. The molecular formula is C18H26O3Si. The fraction of sp³-hybridized carbons (Fsp3) is 0.500. The van der Waals surface area contributed by atoms with Crippen LogP contribution in [0.4, 0.5) is 0 Å². The molecule has 0 aliphatic carbocycles. The molecule has 1 heterocycles. The van der Waals surface area contributed by atoms with Crippen LogP contribution in [0.15, 0.2) is 42.7 Å². The Morgan fingerprint density at radius 3 is 2.41 bits per heavy atom. The summed E-state index contributed by atoms with van der Waals surface area (Å²) in [5, 5.41) is 0.106. The van der Waals surface area contributed by atoms with E-state index in [0.717, 1.165) is 5.56 Å². The molecule has 0 saturated heterocycles. The van der Waals surface area contributed by atoms with Crippen LogP contribution in [0.2, 0.25) is 18.1 Å². The van der Waals surface area contributed by atoms with E-state index in [1.54, 1.807) is 0 Å². The minimum Gasteiger partial charge on any atom is -0.494 e. The van der Waals surface area contributed by atoms with E-state index in [-0.39, 0.29) is 23.0 Å². The maximum atomic E-state index is 11.8. The molecular weight excluding hydrogens is 292 g/mol. The third kappa shape index (κ3) is 3.87. The Hall–Kier alpha value is -1.39. The molecule has 1 aliphatic rings. The Morgan fingerprint density at radius 2 is 1.86 bits per heavy atom. The van der Waals surface area contributed by atoms with Crippen molar-refractivity contribution in [3.05, 3.63) is 48.2 Å². The van der Waals surface area contributed by atoms with Gasteiger partial charge in [-0.05, 0) is 23.7 Å². The van der Waals surface area contributed by atoms with Crippen molar-refractivity contribution < 1.29 is 14.0 Å². The van der Waals surface area contributed by atoms with Gasteiger partial charge in [0.15, 0.2) is 14.1 Å². The largest absolute Gasteiger partial charge is 0.494 e. The van der Waals surface area contributed by atoms with Gasteiger partial charge in [0.1, 0.15) is 12.2 Å². The number of carbonyl (C=O) groups excluding carboxylic acids is 1. The fourth-order valence-electron chi connectivity index (χ4n) is 2.20. The first kappa shape index (κ1) is 17.0. The van der Waals surface area contributed by atoms with Gasteiger partial charge in [-0.1, -0.05) is 51.1 Å². The van der Waals surface area contributed by atoms with Gasteiger partial charge in [0.2, 0.25) is 0 Å². The normalized spacial score (nSPS) is 20.6. The minimum absolute atomic E-state index is 0.0935. The third-order valence-corrected chi connectivity index (χ3v) is 9.06. The highest BCUT2D eigenvalue weighted by molar-refractivity contribution is 6.74. The highest BCUT2D eigenvalue weighted by atomic mass is 28.4. The zero-order valence-corrected chi connectivity index (χ0v) is 15.1. The quantitative estimate of drug-likeness (QED) is 0.760. The summed E-state index contributed by atoms with van der Waals surface area (Å²) in [5.41, 5.74) is 1.07. The van der Waals surface area contributed by atoms with Crippen LogP contribution in [0.3, 0.4) is 0 Å². The van der Waals surface area contributed by atoms with Crippen LogP contribution in [-0.2, 0) is 14.0 Å². The Bertz CT molecular complexity index is 543. The SMILES string of the molecule is CC(C)(C)[Si](C)(C)O[C@@H](c1ccccc1)C1CC(=O)C=CO1. The van der Waals surface area contributed by atoms with Crippen molar-refractivity contribution in [1.29, 1.82) is 0 Å². The van der Waals surface area contributed by atoms with E-state index in [1.807, 2.05) is 30.3 Å². The lowest BCUT2D eigenvalue weighted by atomic mass is 9.99. The van der Waals surface area contributed by atoms with Crippen LogP contribution in [0, 0.1) is 0 Å². The first-order chi connectivity index (χ1) is 10.2. The molecule has 0 spiro atoms. The van der Waals surface area contributed by atoms with Crippen molar-refractivity contribution in [2.75, 3.05) is 0 Å². The highest BCUT2D eigenvalue weighted by Gasteiger charge is 2.42. The van der Waals surface area contributed by atoms with Gasteiger partial charge >= 0.3 is 0 Å². The number of hydrogen-bond acceptors (Lipinski definition) is 3. The van der Waals surface area contributed by atoms with Gasteiger partial charge in [-0.3, -0.25) is 4.79 Å². The number of carbonyl (C=O) groups is 1. The standard InChI is InChI=1S/C18H26O3Si/c1-18(2,3)22(4,5)21-17(14-9-7-6-8-10-14)16-13-15(19)11-12-20-16/h6-12,16-17H,13H2,1-5H3/t16?,17-/m0/s1. The molecule has 120 valence electrons. The smallest absolute Gasteiger partial charge is 0.193 e. The molecule has 0 aromatic heterocycles. The molecule has 1 aromatic carbocycles. The molecule has 1 unspecified atom stereocenters. The number of rotatable bonds is 4. The van der Waals surface area contributed by atoms with Crippen LogP contribution < -0.4 is 0 Å². The Labute approximate surface area is 134 Å². The number of allylic oxidation sites excluding steroid dienone is 1. The topological polar surface area (TPSA) is 35.5 Å². The molecule has 1 aliphatic heterocycles. The van der Waals surface area contributed by atoms with Crippen LogP contribution in [0.1, 0.15) is 38.9 Å². The lowest BCUT2D eigenvalue weighted by Crippen LogP contribution is -2.44. The lowest BCUT2D eigenvalue weighted by molar-refractivity contribution is -0.120. The summed E-state index contributed by atoms with van der Waals surface area (Å²) in [6, 6.07) is 10.1. The van der Waals surface area contributed by atoms with Crippen molar-refractivity contribution >= 4 is 14.1 Å². The predicted octanol–water partition coefficient (Wildman–Crippen LogP) is 4.62. The van der Waals surface area contributed by atoms with E-state index in [0.29, 0.717) is 6.42 Å². The average Bonchev–Trinajstić information content (AvgIpc) is 2.44. The Morgan fingerprint density at radius 1 is 1.23 bits per heavy atom. The molecule has 1 aromatic rings. The molecule has 0 bridgehead atoms. The van der Waals surface area contributed by atoms with Crippen LogP contribution >= 0.6 is 0 Å². The summed E-state index contributed by atoms with van der Waals surface area (Å²) in [4.78, 5) is 11.8. The number of ketones is 1. The van der Waals surface area contributed by atoms with Crippen molar-refractivity contribution in [3.63, 3.8) is 0 Å². The van der Waals surface area contributed by atoms with E-state index < -0.39 is 8.32 Å². The molecule has 0 amide bonds. The van der Waals surface area contributed by atoms with E-state index in [2.05, 4.69) is 33.9 Å². The average molecular weight is 318 g/mol. The fourth-order valence-corrected chi connectivity index (χ4v) is 3.48. The van der Waals surface area contributed by atoms with E-state index >= 15 is 0 Å². The van der Waals surface area contributed by atoms with Crippen LogP contribution in [-0.4, -0.2) is 20.2 Å².